The van der Waals surface area contributed by atoms with Gasteiger partial charge in [0.2, 0.25) is 5.91 Å². The molecule has 3 rings (SSSR count). The maximum atomic E-state index is 11.9. The highest BCUT2D eigenvalue weighted by Crippen LogP contribution is 2.51. The van der Waals surface area contributed by atoms with Crippen LogP contribution in [0.5, 0.6) is 0 Å². The molecule has 0 spiro atoms. The number of aliphatic hydroxyl groups excluding tert-OH is 1. The van der Waals surface area contributed by atoms with E-state index in [9.17, 15) is 19.8 Å². The molecule has 0 radical (unpaired) electrons. The number of β-lactam (4-membered cyclic amide) rings is 1. The normalized spacial score (nSPS) is 27.3. The summed E-state index contributed by atoms with van der Waals surface area (Å²) >= 11 is 1.20. The molecule has 100 valence electrons. The van der Waals surface area contributed by atoms with Crippen LogP contribution in [0.25, 0.3) is 5.03 Å². The Morgan fingerprint density at radius 2 is 2.32 bits per heavy atom. The quantitative estimate of drug-likeness (QED) is 0.712. The number of hydrogen-bond donors (Lipinski definition) is 2. The third-order valence-corrected chi connectivity index (χ3v) is 4.46. The van der Waals surface area contributed by atoms with Crippen molar-refractivity contribution in [1.82, 2.24) is 19.7 Å². The summed E-state index contributed by atoms with van der Waals surface area (Å²) in [5.41, 5.74) is -0.109. The van der Waals surface area contributed by atoms with E-state index in [1.54, 1.807) is 0 Å². The summed E-state index contributed by atoms with van der Waals surface area (Å²) in [7, 11) is 0. The zero-order valence-corrected chi connectivity index (χ0v) is 10.6. The van der Waals surface area contributed by atoms with Crippen LogP contribution in [0.1, 0.15) is 6.92 Å². The number of aliphatic carboxylic acids is 1. The van der Waals surface area contributed by atoms with Gasteiger partial charge in [-0.15, -0.1) is 0 Å². The van der Waals surface area contributed by atoms with Gasteiger partial charge in [-0.25, -0.2) is 14.5 Å². The SMILES string of the molecule is C[C@@H](O)[C@H]1C(=O)N2C(C(=O)O)=C(n3cncn3)S[C@H]12. The molecule has 9 heteroatoms. The Kier molecular flexibility index (Phi) is 2.61. The van der Waals surface area contributed by atoms with Crippen molar-refractivity contribution < 1.29 is 19.8 Å². The number of rotatable bonds is 3. The van der Waals surface area contributed by atoms with Crippen LogP contribution in [0.3, 0.4) is 0 Å². The van der Waals surface area contributed by atoms with Crippen molar-refractivity contribution >= 4 is 28.7 Å². The van der Waals surface area contributed by atoms with Crippen molar-refractivity contribution in [2.24, 2.45) is 5.92 Å². The molecule has 0 saturated carbocycles. The molecule has 0 bridgehead atoms. The van der Waals surface area contributed by atoms with Crippen LogP contribution >= 0.6 is 11.8 Å². The van der Waals surface area contributed by atoms with Crippen LogP contribution in [-0.2, 0) is 9.59 Å². The topological polar surface area (TPSA) is 109 Å². The zero-order valence-electron chi connectivity index (χ0n) is 9.79. The van der Waals surface area contributed by atoms with E-state index in [1.807, 2.05) is 0 Å². The van der Waals surface area contributed by atoms with Gasteiger partial charge in [-0.2, -0.15) is 5.10 Å². The van der Waals surface area contributed by atoms with E-state index < -0.39 is 23.4 Å². The van der Waals surface area contributed by atoms with Crippen molar-refractivity contribution in [2.45, 2.75) is 18.4 Å². The van der Waals surface area contributed by atoms with Gasteiger partial charge in [0.1, 0.15) is 23.1 Å². The summed E-state index contributed by atoms with van der Waals surface area (Å²) in [6, 6.07) is 0. The Hall–Kier alpha value is -1.87. The molecule has 1 aromatic rings. The molecule has 1 saturated heterocycles. The second-order valence-electron chi connectivity index (χ2n) is 4.28. The second kappa shape index (κ2) is 4.07. The number of nitrogens with zero attached hydrogens (tertiary/aromatic N) is 4. The Morgan fingerprint density at radius 1 is 1.58 bits per heavy atom. The summed E-state index contributed by atoms with van der Waals surface area (Å²) in [4.78, 5) is 28.2. The number of carbonyl (C=O) groups excluding carboxylic acids is 1. The lowest BCUT2D eigenvalue weighted by Crippen LogP contribution is -2.60. The Labute approximate surface area is 111 Å². The van der Waals surface area contributed by atoms with E-state index in [-0.39, 0.29) is 11.6 Å². The number of carboxylic acid groups (broad SMARTS) is 1. The molecule has 2 aliphatic heterocycles. The van der Waals surface area contributed by atoms with Crippen LogP contribution < -0.4 is 0 Å². The monoisotopic (exact) mass is 282 g/mol. The third kappa shape index (κ3) is 1.58. The van der Waals surface area contributed by atoms with Gasteiger partial charge in [0.15, 0.2) is 5.70 Å². The van der Waals surface area contributed by atoms with E-state index >= 15 is 0 Å². The highest BCUT2D eigenvalue weighted by Gasteiger charge is 2.58. The first kappa shape index (κ1) is 12.2. The molecule has 8 nitrogen and oxygen atoms in total. The largest absolute Gasteiger partial charge is 0.476 e. The summed E-state index contributed by atoms with van der Waals surface area (Å²) in [6.45, 7) is 1.52. The predicted octanol–water partition coefficient (Wildman–Crippen LogP) is -0.599. The molecular weight excluding hydrogens is 272 g/mol. The molecule has 19 heavy (non-hydrogen) atoms. The Morgan fingerprint density at radius 3 is 2.84 bits per heavy atom. The van der Waals surface area contributed by atoms with E-state index in [0.29, 0.717) is 5.03 Å². The number of thioether (sulfide) groups is 1. The van der Waals surface area contributed by atoms with E-state index in [0.717, 1.165) is 0 Å². The standard InChI is InChI=1S/C10H10N4O4S/c1-4(15)5-7(16)14-6(10(17)18)9(19-8(5)14)13-3-11-2-12-13/h2-5,8,15H,1H3,(H,17,18)/t4-,5+,8-/m1/s1. The molecule has 1 amide bonds. The van der Waals surface area contributed by atoms with Crippen LogP contribution in [0.2, 0.25) is 0 Å². The van der Waals surface area contributed by atoms with Crippen LogP contribution in [0, 0.1) is 5.92 Å². The Balaban J connectivity index is 2.01. The van der Waals surface area contributed by atoms with Crippen molar-refractivity contribution in [2.75, 3.05) is 0 Å². The fourth-order valence-electron chi connectivity index (χ4n) is 2.24. The summed E-state index contributed by atoms with van der Waals surface area (Å²) in [6.07, 6.45) is 1.85. The second-order valence-corrected chi connectivity index (χ2v) is 5.39. The molecule has 0 aliphatic carbocycles. The van der Waals surface area contributed by atoms with Crippen molar-refractivity contribution in [3.8, 4) is 0 Å². The third-order valence-electron chi connectivity index (χ3n) is 3.11. The summed E-state index contributed by atoms with van der Waals surface area (Å²) < 4.78 is 1.32. The van der Waals surface area contributed by atoms with Crippen molar-refractivity contribution in [3.05, 3.63) is 18.4 Å². The molecule has 3 atom stereocenters. The van der Waals surface area contributed by atoms with Gasteiger partial charge in [-0.05, 0) is 6.92 Å². The highest BCUT2D eigenvalue weighted by molar-refractivity contribution is 8.08. The first-order chi connectivity index (χ1) is 9.02. The molecule has 2 N–H and O–H groups in total. The summed E-state index contributed by atoms with van der Waals surface area (Å²) in [5.74, 6) is -2.15. The maximum Gasteiger partial charge on any atom is 0.355 e. The van der Waals surface area contributed by atoms with Crippen LogP contribution in [0.15, 0.2) is 18.4 Å². The van der Waals surface area contributed by atoms with Gasteiger partial charge in [-0.3, -0.25) is 9.69 Å². The minimum absolute atomic E-state index is 0.109. The van der Waals surface area contributed by atoms with Crippen LogP contribution in [0.4, 0.5) is 0 Å². The molecule has 1 fully saturated rings. The minimum Gasteiger partial charge on any atom is -0.476 e. The van der Waals surface area contributed by atoms with E-state index in [1.165, 1.54) is 40.9 Å². The number of aromatic nitrogens is 3. The van der Waals surface area contributed by atoms with Gasteiger partial charge in [0.25, 0.3) is 0 Å². The molecule has 3 heterocycles. The number of aliphatic hydroxyl groups is 1. The Bertz CT molecular complexity index is 582. The lowest BCUT2D eigenvalue weighted by atomic mass is 9.92. The molecule has 1 aromatic heterocycles. The van der Waals surface area contributed by atoms with Gasteiger partial charge in [0, 0.05) is 0 Å². The van der Waals surface area contributed by atoms with Gasteiger partial charge >= 0.3 is 5.97 Å². The molecular formula is C10H10N4O4S. The first-order valence-electron chi connectivity index (χ1n) is 5.52. The zero-order chi connectivity index (χ0) is 13.7. The number of hydrogen-bond acceptors (Lipinski definition) is 6. The number of carbonyl (C=O) groups is 2. The maximum absolute atomic E-state index is 11.9. The van der Waals surface area contributed by atoms with Crippen LogP contribution in [-0.4, -0.2) is 53.2 Å². The fourth-order valence-corrected chi connectivity index (χ4v) is 3.77. The molecule has 0 unspecified atom stereocenters. The average Bonchev–Trinajstić information content (AvgIpc) is 2.92. The van der Waals surface area contributed by atoms with Gasteiger partial charge in [0.05, 0.1) is 12.0 Å². The van der Waals surface area contributed by atoms with Gasteiger partial charge in [-0.1, -0.05) is 11.8 Å². The molecule has 0 aromatic carbocycles. The number of fused-ring (bicyclic) bond motifs is 1. The van der Waals surface area contributed by atoms with E-state index in [2.05, 4.69) is 10.1 Å². The highest BCUT2D eigenvalue weighted by atomic mass is 32.2. The number of amides is 1. The van der Waals surface area contributed by atoms with Gasteiger partial charge < -0.3 is 10.2 Å². The minimum atomic E-state index is -1.20. The first-order valence-corrected chi connectivity index (χ1v) is 6.40. The van der Waals surface area contributed by atoms with E-state index in [4.69, 9.17) is 0 Å². The average molecular weight is 282 g/mol. The fraction of sp³-hybridized carbons (Fsp3) is 0.400. The molecule has 2 aliphatic rings. The number of carboxylic acids is 1. The smallest absolute Gasteiger partial charge is 0.355 e. The summed E-state index contributed by atoms with van der Waals surface area (Å²) in [5, 5.41) is 22.7. The predicted molar refractivity (Wildman–Crippen MR) is 64.3 cm³/mol. The lowest BCUT2D eigenvalue weighted by Gasteiger charge is -2.43. The van der Waals surface area contributed by atoms with Crippen molar-refractivity contribution in [3.63, 3.8) is 0 Å². The van der Waals surface area contributed by atoms with Crippen molar-refractivity contribution in [1.29, 1.82) is 0 Å². The lowest BCUT2D eigenvalue weighted by molar-refractivity contribution is -0.156.